The Morgan fingerprint density at radius 1 is 1.86 bits per heavy atom. The topological polar surface area (TPSA) is 70.1 Å². The molecule has 0 aliphatic heterocycles. The van der Waals surface area contributed by atoms with Crippen LogP contribution in [0, 0.1) is 0 Å². The molecule has 1 heterocycles. The van der Waals surface area contributed by atoms with Crippen molar-refractivity contribution in [1.82, 2.24) is 9.78 Å². The molecule has 1 unspecified atom stereocenters. The van der Waals surface area contributed by atoms with Gasteiger partial charge in [-0.2, -0.15) is 5.10 Å². The second kappa shape index (κ2) is 4.68. The highest BCUT2D eigenvalue weighted by molar-refractivity contribution is 9.10. The first-order valence-corrected chi connectivity index (χ1v) is 4.83. The van der Waals surface area contributed by atoms with E-state index in [1.165, 1.54) is 11.8 Å². The molecule has 0 fully saturated rings. The number of nitrogens with zero attached hydrogens (tertiary/aromatic N) is 2. The second-order valence-electron chi connectivity index (χ2n) is 2.89. The summed E-state index contributed by atoms with van der Waals surface area (Å²) in [6.45, 7) is 0.205. The molecule has 1 aromatic rings. The first kappa shape index (κ1) is 11.4. The maximum atomic E-state index is 11.7. The zero-order chi connectivity index (χ0) is 10.7. The first-order chi connectivity index (χ1) is 6.57. The van der Waals surface area contributed by atoms with Gasteiger partial charge in [0.1, 0.15) is 5.69 Å². The molecule has 78 valence electrons. The molecule has 5 nitrogen and oxygen atoms in total. The van der Waals surface area contributed by atoms with Gasteiger partial charge >= 0.3 is 0 Å². The van der Waals surface area contributed by atoms with Gasteiger partial charge in [0.25, 0.3) is 0 Å². The minimum absolute atomic E-state index is 0.182. The Morgan fingerprint density at radius 2 is 2.50 bits per heavy atom. The van der Waals surface area contributed by atoms with E-state index in [0.717, 1.165) is 0 Å². The van der Waals surface area contributed by atoms with Gasteiger partial charge in [0.15, 0.2) is 0 Å². The Kier molecular flexibility index (Phi) is 3.79. The molecule has 0 spiro atoms. The second-order valence-corrected chi connectivity index (χ2v) is 3.75. The quantitative estimate of drug-likeness (QED) is 0.794. The zero-order valence-corrected chi connectivity index (χ0v) is 9.61. The van der Waals surface area contributed by atoms with Gasteiger partial charge in [-0.3, -0.25) is 9.48 Å². The number of ether oxygens (including phenoxy) is 1. The van der Waals surface area contributed by atoms with Gasteiger partial charge in [-0.05, 0) is 15.9 Å². The van der Waals surface area contributed by atoms with Crippen molar-refractivity contribution in [3.63, 3.8) is 0 Å². The monoisotopic (exact) mass is 261 g/mol. The highest BCUT2D eigenvalue weighted by Crippen LogP contribution is 2.16. The standard InChI is InChI=1S/C8H12BrN3O2/c1-12-7(5(9)3-11-12)8(13)6(10)4-14-2/h3,6H,4,10H2,1-2H3. The average Bonchev–Trinajstić information content (AvgIpc) is 2.46. The summed E-state index contributed by atoms with van der Waals surface area (Å²) < 4.78 is 6.95. The third-order valence-corrected chi connectivity index (χ3v) is 2.39. The van der Waals surface area contributed by atoms with Gasteiger partial charge in [0.05, 0.1) is 23.3 Å². The van der Waals surface area contributed by atoms with Gasteiger partial charge in [-0.25, -0.2) is 0 Å². The van der Waals surface area contributed by atoms with Crippen molar-refractivity contribution in [2.24, 2.45) is 12.8 Å². The Bertz CT molecular complexity index is 318. The van der Waals surface area contributed by atoms with Crippen molar-refractivity contribution in [2.45, 2.75) is 6.04 Å². The van der Waals surface area contributed by atoms with Crippen LogP contribution in [0.2, 0.25) is 0 Å². The first-order valence-electron chi connectivity index (χ1n) is 4.04. The van der Waals surface area contributed by atoms with Crippen LogP contribution in [0.5, 0.6) is 0 Å². The number of carbonyl (C=O) groups excluding carboxylic acids is 1. The Morgan fingerprint density at radius 3 is 2.93 bits per heavy atom. The van der Waals surface area contributed by atoms with Crippen LogP contribution in [0.4, 0.5) is 0 Å². The molecule has 0 bridgehead atoms. The molecule has 14 heavy (non-hydrogen) atoms. The van der Waals surface area contributed by atoms with E-state index in [2.05, 4.69) is 21.0 Å². The molecule has 0 aliphatic carbocycles. The summed E-state index contributed by atoms with van der Waals surface area (Å²) in [4.78, 5) is 11.7. The maximum absolute atomic E-state index is 11.7. The van der Waals surface area contributed by atoms with Crippen molar-refractivity contribution >= 4 is 21.7 Å². The molecule has 0 aromatic carbocycles. The minimum atomic E-state index is -0.647. The Labute approximate surface area is 90.3 Å². The normalized spacial score (nSPS) is 12.9. The van der Waals surface area contributed by atoms with Gasteiger partial charge in [-0.1, -0.05) is 0 Å². The lowest BCUT2D eigenvalue weighted by molar-refractivity contribution is 0.0882. The smallest absolute Gasteiger partial charge is 0.200 e. The largest absolute Gasteiger partial charge is 0.383 e. The van der Waals surface area contributed by atoms with Crippen molar-refractivity contribution in [2.75, 3.05) is 13.7 Å². The number of aromatic nitrogens is 2. The summed E-state index contributed by atoms with van der Waals surface area (Å²) in [5.74, 6) is -0.182. The van der Waals surface area contributed by atoms with Gasteiger partial charge < -0.3 is 10.5 Å². The van der Waals surface area contributed by atoms with Crippen LogP contribution in [0.3, 0.4) is 0 Å². The number of Topliss-reactive ketones (excluding diaryl/α,β-unsaturated/α-hetero) is 1. The van der Waals surface area contributed by atoms with Crippen LogP contribution in [-0.4, -0.2) is 35.3 Å². The Hall–Kier alpha value is -0.720. The summed E-state index contributed by atoms with van der Waals surface area (Å²) in [5.41, 5.74) is 6.09. The third-order valence-electron chi connectivity index (χ3n) is 1.81. The van der Waals surface area contributed by atoms with E-state index in [-0.39, 0.29) is 12.4 Å². The van der Waals surface area contributed by atoms with E-state index in [9.17, 15) is 4.79 Å². The molecule has 6 heteroatoms. The van der Waals surface area contributed by atoms with E-state index in [1.807, 2.05) is 0 Å². The van der Waals surface area contributed by atoms with Crippen LogP contribution >= 0.6 is 15.9 Å². The van der Waals surface area contributed by atoms with Gasteiger partial charge in [-0.15, -0.1) is 0 Å². The number of rotatable bonds is 4. The fraction of sp³-hybridized carbons (Fsp3) is 0.500. The fourth-order valence-corrected chi connectivity index (χ4v) is 1.66. The third kappa shape index (κ3) is 2.20. The number of halogens is 1. The SMILES string of the molecule is COCC(N)C(=O)c1c(Br)cnn1C. The number of ketones is 1. The minimum Gasteiger partial charge on any atom is -0.383 e. The number of carbonyl (C=O) groups is 1. The van der Waals surface area contributed by atoms with Crippen LogP contribution in [0.25, 0.3) is 0 Å². The highest BCUT2D eigenvalue weighted by atomic mass is 79.9. The van der Waals surface area contributed by atoms with Gasteiger partial charge in [0.2, 0.25) is 5.78 Å². The molecule has 1 aromatic heterocycles. The van der Waals surface area contributed by atoms with Crippen molar-refractivity contribution < 1.29 is 9.53 Å². The van der Waals surface area contributed by atoms with E-state index in [4.69, 9.17) is 10.5 Å². The van der Waals surface area contributed by atoms with Crippen LogP contribution in [0.15, 0.2) is 10.7 Å². The van der Waals surface area contributed by atoms with Crippen LogP contribution < -0.4 is 5.73 Å². The number of hydrogen-bond donors (Lipinski definition) is 1. The lowest BCUT2D eigenvalue weighted by Crippen LogP contribution is -2.36. The number of aryl methyl sites for hydroxylation is 1. The summed E-state index contributed by atoms with van der Waals surface area (Å²) in [6, 6.07) is -0.647. The molecular formula is C8H12BrN3O2. The number of methoxy groups -OCH3 is 1. The van der Waals surface area contributed by atoms with E-state index < -0.39 is 6.04 Å². The lowest BCUT2D eigenvalue weighted by atomic mass is 10.1. The van der Waals surface area contributed by atoms with Crippen molar-refractivity contribution in [3.8, 4) is 0 Å². The van der Waals surface area contributed by atoms with E-state index in [0.29, 0.717) is 10.2 Å². The van der Waals surface area contributed by atoms with E-state index >= 15 is 0 Å². The van der Waals surface area contributed by atoms with E-state index in [1.54, 1.807) is 13.2 Å². The maximum Gasteiger partial charge on any atom is 0.200 e. The lowest BCUT2D eigenvalue weighted by Gasteiger charge is -2.09. The van der Waals surface area contributed by atoms with Crippen LogP contribution in [0.1, 0.15) is 10.5 Å². The number of hydrogen-bond acceptors (Lipinski definition) is 4. The van der Waals surface area contributed by atoms with Crippen molar-refractivity contribution in [3.05, 3.63) is 16.4 Å². The summed E-state index contributed by atoms with van der Waals surface area (Å²) >= 11 is 3.24. The number of nitrogens with two attached hydrogens (primary N) is 1. The molecule has 1 atom stereocenters. The molecule has 1 rings (SSSR count). The van der Waals surface area contributed by atoms with Crippen LogP contribution in [-0.2, 0) is 11.8 Å². The molecule has 0 radical (unpaired) electrons. The highest BCUT2D eigenvalue weighted by Gasteiger charge is 2.21. The predicted octanol–water partition coefficient (Wildman–Crippen LogP) is 0.339. The van der Waals surface area contributed by atoms with Gasteiger partial charge in [0, 0.05) is 14.2 Å². The summed E-state index contributed by atoms with van der Waals surface area (Å²) in [7, 11) is 3.20. The van der Waals surface area contributed by atoms with Crippen molar-refractivity contribution in [1.29, 1.82) is 0 Å². The summed E-state index contributed by atoms with van der Waals surface area (Å²) in [5, 5.41) is 3.93. The summed E-state index contributed by atoms with van der Waals surface area (Å²) in [6.07, 6.45) is 1.56. The average molecular weight is 262 g/mol. The molecule has 2 N–H and O–H groups in total. The zero-order valence-electron chi connectivity index (χ0n) is 8.03. The predicted molar refractivity (Wildman–Crippen MR) is 55.1 cm³/mol. The molecule has 0 amide bonds. The molecular weight excluding hydrogens is 250 g/mol. The molecule has 0 saturated carbocycles. The Balaban J connectivity index is 2.88. The fourth-order valence-electron chi connectivity index (χ4n) is 1.12. The molecule has 0 saturated heterocycles. The molecule has 0 aliphatic rings.